The van der Waals surface area contributed by atoms with Gasteiger partial charge in [-0.15, -0.1) is 0 Å². The van der Waals surface area contributed by atoms with Gasteiger partial charge in [0.2, 0.25) is 11.8 Å². The summed E-state index contributed by atoms with van der Waals surface area (Å²) in [6.07, 6.45) is 4.15. The van der Waals surface area contributed by atoms with Crippen molar-refractivity contribution >= 4 is 17.3 Å². The maximum absolute atomic E-state index is 9.93. The van der Waals surface area contributed by atoms with Crippen molar-refractivity contribution in [3.63, 3.8) is 0 Å². The highest BCUT2D eigenvalue weighted by atomic mass is 16.5. The predicted molar refractivity (Wildman–Crippen MR) is 121 cm³/mol. The first-order valence-electron chi connectivity index (χ1n) is 10.5. The normalized spacial score (nSPS) is 16.7. The number of fused-ring (bicyclic) bond motifs is 1. The van der Waals surface area contributed by atoms with Crippen molar-refractivity contribution in [1.82, 2.24) is 19.9 Å². The number of ether oxygens (including phenoxy) is 1. The number of nitriles is 1. The van der Waals surface area contributed by atoms with Gasteiger partial charge in [-0.05, 0) is 37.1 Å². The SMILES string of the molecule is CCCOc1nc(C)ncc1Nc1nccc(-c2cc(C#N)c3c(c2)[C@@](C)(CO)CN3)n1. The number of anilines is 3. The van der Waals surface area contributed by atoms with Gasteiger partial charge in [-0.3, -0.25) is 0 Å². The molecule has 1 aliphatic rings. The molecular formula is C23H25N7O2. The van der Waals surface area contributed by atoms with E-state index < -0.39 is 5.41 Å². The summed E-state index contributed by atoms with van der Waals surface area (Å²) in [6, 6.07) is 7.81. The van der Waals surface area contributed by atoms with Gasteiger partial charge in [-0.25, -0.2) is 15.0 Å². The maximum atomic E-state index is 9.93. The molecule has 3 aromatic rings. The minimum atomic E-state index is -0.462. The number of hydrogen-bond acceptors (Lipinski definition) is 9. The summed E-state index contributed by atoms with van der Waals surface area (Å²) in [5.74, 6) is 1.42. The summed E-state index contributed by atoms with van der Waals surface area (Å²) in [5, 5.41) is 26.0. The zero-order chi connectivity index (χ0) is 22.7. The highest BCUT2D eigenvalue weighted by Crippen LogP contribution is 2.41. The van der Waals surface area contributed by atoms with Crippen molar-refractivity contribution in [3.8, 4) is 23.2 Å². The van der Waals surface area contributed by atoms with Gasteiger partial charge in [0.15, 0.2) is 0 Å². The van der Waals surface area contributed by atoms with E-state index in [1.165, 1.54) is 0 Å². The Morgan fingerprint density at radius 1 is 1.31 bits per heavy atom. The lowest BCUT2D eigenvalue weighted by Gasteiger charge is -2.21. The number of aliphatic hydroxyl groups excluding tert-OH is 1. The van der Waals surface area contributed by atoms with Crippen LogP contribution in [-0.2, 0) is 5.41 Å². The number of nitrogens with zero attached hydrogens (tertiary/aromatic N) is 5. The zero-order valence-electron chi connectivity index (χ0n) is 18.3. The van der Waals surface area contributed by atoms with Gasteiger partial charge in [-0.2, -0.15) is 10.2 Å². The monoisotopic (exact) mass is 431 g/mol. The number of aromatic nitrogens is 4. The number of nitrogens with one attached hydrogen (secondary N) is 2. The van der Waals surface area contributed by atoms with Crippen LogP contribution >= 0.6 is 0 Å². The fourth-order valence-corrected chi connectivity index (χ4v) is 3.61. The molecule has 0 saturated heterocycles. The molecule has 1 atom stereocenters. The van der Waals surface area contributed by atoms with Crippen molar-refractivity contribution in [1.29, 1.82) is 5.26 Å². The highest BCUT2D eigenvalue weighted by Gasteiger charge is 2.35. The van der Waals surface area contributed by atoms with E-state index in [0.29, 0.717) is 47.7 Å². The van der Waals surface area contributed by atoms with Crippen LogP contribution in [0.2, 0.25) is 0 Å². The minimum absolute atomic E-state index is 0.0220. The van der Waals surface area contributed by atoms with Gasteiger partial charge < -0.3 is 20.5 Å². The number of benzene rings is 1. The summed E-state index contributed by atoms with van der Waals surface area (Å²) in [4.78, 5) is 17.5. The van der Waals surface area contributed by atoms with E-state index in [-0.39, 0.29) is 6.61 Å². The zero-order valence-corrected chi connectivity index (χ0v) is 18.3. The van der Waals surface area contributed by atoms with Crippen LogP contribution in [0.4, 0.5) is 17.3 Å². The van der Waals surface area contributed by atoms with Crippen LogP contribution in [0.15, 0.2) is 30.6 Å². The van der Waals surface area contributed by atoms with Crippen molar-refractivity contribution in [2.24, 2.45) is 0 Å². The first-order valence-corrected chi connectivity index (χ1v) is 10.5. The fraction of sp³-hybridized carbons (Fsp3) is 0.348. The molecule has 0 unspecified atom stereocenters. The molecule has 3 heterocycles. The van der Waals surface area contributed by atoms with E-state index in [9.17, 15) is 10.4 Å². The standard InChI is InChI=1S/C23H25N7O2/c1-4-7-32-21-19(11-26-14(2)28-21)30-22-25-6-5-18(29-22)15-8-16(10-24)20-17(9-15)23(3,13-31)12-27-20/h5-6,8-9,11,27,31H,4,7,12-13H2,1-3H3,(H,25,29,30)/t23-/m1/s1. The number of aliphatic hydroxyl groups is 1. The maximum Gasteiger partial charge on any atom is 0.241 e. The average Bonchev–Trinajstić information content (AvgIpc) is 3.16. The summed E-state index contributed by atoms with van der Waals surface area (Å²) < 4.78 is 5.73. The third kappa shape index (κ3) is 4.05. The van der Waals surface area contributed by atoms with Gasteiger partial charge >= 0.3 is 0 Å². The minimum Gasteiger partial charge on any atom is -0.476 e. The molecule has 32 heavy (non-hydrogen) atoms. The van der Waals surface area contributed by atoms with E-state index in [2.05, 4.69) is 36.6 Å². The molecule has 1 aliphatic heterocycles. The molecule has 3 N–H and O–H groups in total. The van der Waals surface area contributed by atoms with Crippen molar-refractivity contribution < 1.29 is 9.84 Å². The topological polar surface area (TPSA) is 129 Å². The van der Waals surface area contributed by atoms with Crippen LogP contribution in [0.25, 0.3) is 11.3 Å². The molecule has 0 aliphatic carbocycles. The lowest BCUT2D eigenvalue weighted by Crippen LogP contribution is -2.28. The van der Waals surface area contributed by atoms with Crippen LogP contribution < -0.4 is 15.4 Å². The Bertz CT molecular complexity index is 1190. The Kier molecular flexibility index (Phi) is 5.88. The van der Waals surface area contributed by atoms with Gasteiger partial charge in [0.05, 0.1) is 36.4 Å². The van der Waals surface area contributed by atoms with E-state index >= 15 is 0 Å². The van der Waals surface area contributed by atoms with Crippen LogP contribution in [0, 0.1) is 18.3 Å². The molecular weight excluding hydrogens is 406 g/mol. The first-order chi connectivity index (χ1) is 15.5. The second-order valence-electron chi connectivity index (χ2n) is 8.01. The van der Waals surface area contributed by atoms with Gasteiger partial charge in [0, 0.05) is 23.7 Å². The molecule has 9 heteroatoms. The van der Waals surface area contributed by atoms with E-state index in [1.807, 2.05) is 19.9 Å². The van der Waals surface area contributed by atoms with E-state index in [0.717, 1.165) is 23.2 Å². The van der Waals surface area contributed by atoms with Gasteiger partial charge in [-0.1, -0.05) is 13.8 Å². The van der Waals surface area contributed by atoms with Crippen LogP contribution in [0.3, 0.4) is 0 Å². The Labute approximate surface area is 186 Å². The smallest absolute Gasteiger partial charge is 0.241 e. The third-order valence-corrected chi connectivity index (χ3v) is 5.43. The lowest BCUT2D eigenvalue weighted by atomic mass is 9.83. The molecule has 0 spiro atoms. The van der Waals surface area contributed by atoms with Gasteiger partial charge in [0.1, 0.15) is 17.6 Å². The Morgan fingerprint density at radius 2 is 2.16 bits per heavy atom. The fourth-order valence-electron chi connectivity index (χ4n) is 3.61. The highest BCUT2D eigenvalue weighted by molar-refractivity contribution is 5.76. The Morgan fingerprint density at radius 3 is 2.91 bits per heavy atom. The lowest BCUT2D eigenvalue weighted by molar-refractivity contribution is 0.219. The quantitative estimate of drug-likeness (QED) is 0.516. The number of aryl methyl sites for hydroxylation is 1. The molecule has 0 saturated carbocycles. The van der Waals surface area contributed by atoms with Crippen LogP contribution in [0.5, 0.6) is 5.88 Å². The molecule has 2 aromatic heterocycles. The molecule has 0 radical (unpaired) electrons. The second-order valence-corrected chi connectivity index (χ2v) is 8.01. The van der Waals surface area contributed by atoms with E-state index in [1.54, 1.807) is 31.5 Å². The average molecular weight is 432 g/mol. The van der Waals surface area contributed by atoms with Crippen molar-refractivity contribution in [3.05, 3.63) is 47.5 Å². The molecule has 4 rings (SSSR count). The molecule has 0 amide bonds. The number of rotatable bonds is 7. The van der Waals surface area contributed by atoms with Crippen molar-refractivity contribution in [2.45, 2.75) is 32.6 Å². The predicted octanol–water partition coefficient (Wildman–Crippen LogP) is 3.32. The Hall–Kier alpha value is -3.77. The largest absolute Gasteiger partial charge is 0.476 e. The Balaban J connectivity index is 1.70. The summed E-state index contributed by atoms with van der Waals surface area (Å²) in [5.41, 5.74) is 3.74. The number of hydrogen-bond donors (Lipinski definition) is 3. The molecule has 0 fully saturated rings. The summed E-state index contributed by atoms with van der Waals surface area (Å²) >= 11 is 0. The van der Waals surface area contributed by atoms with Crippen molar-refractivity contribution in [2.75, 3.05) is 30.4 Å². The molecule has 9 nitrogen and oxygen atoms in total. The third-order valence-electron chi connectivity index (χ3n) is 5.43. The molecule has 1 aromatic carbocycles. The van der Waals surface area contributed by atoms with Gasteiger partial charge in [0.25, 0.3) is 0 Å². The summed E-state index contributed by atoms with van der Waals surface area (Å²) in [6.45, 7) is 6.88. The van der Waals surface area contributed by atoms with E-state index in [4.69, 9.17) is 4.74 Å². The summed E-state index contributed by atoms with van der Waals surface area (Å²) in [7, 11) is 0. The second kappa shape index (κ2) is 8.77. The van der Waals surface area contributed by atoms with Crippen LogP contribution in [-0.4, -0.2) is 44.8 Å². The molecule has 164 valence electrons. The first kappa shape index (κ1) is 21.5. The molecule has 0 bridgehead atoms. The van der Waals surface area contributed by atoms with Crippen LogP contribution in [0.1, 0.15) is 37.2 Å².